The van der Waals surface area contributed by atoms with Gasteiger partial charge in [-0.05, 0) is 30.0 Å². The second-order valence-electron chi connectivity index (χ2n) is 4.99. The van der Waals surface area contributed by atoms with Gasteiger partial charge in [-0.15, -0.1) is 11.3 Å². The highest BCUT2D eigenvalue weighted by Crippen LogP contribution is 2.25. The van der Waals surface area contributed by atoms with Crippen LogP contribution in [0.25, 0.3) is 5.69 Å². The molecule has 7 heteroatoms. The van der Waals surface area contributed by atoms with E-state index in [2.05, 4.69) is 10.1 Å². The van der Waals surface area contributed by atoms with Crippen LogP contribution in [-0.4, -0.2) is 27.7 Å². The van der Waals surface area contributed by atoms with Gasteiger partial charge < -0.3 is 4.90 Å². The van der Waals surface area contributed by atoms with Crippen molar-refractivity contribution in [2.24, 2.45) is 0 Å². The zero-order valence-electron chi connectivity index (χ0n) is 12.5. The van der Waals surface area contributed by atoms with Crippen LogP contribution in [0.4, 0.5) is 5.69 Å². The van der Waals surface area contributed by atoms with Gasteiger partial charge in [0.15, 0.2) is 5.15 Å². The first-order valence-electron chi connectivity index (χ1n) is 7.09. The van der Waals surface area contributed by atoms with Crippen molar-refractivity contribution >= 4 is 34.5 Å². The third-order valence-corrected chi connectivity index (χ3v) is 4.67. The van der Waals surface area contributed by atoms with Crippen molar-refractivity contribution < 1.29 is 4.79 Å². The summed E-state index contributed by atoms with van der Waals surface area (Å²) in [5.41, 5.74) is 1.38. The smallest absolute Gasteiger partial charge is 0.227 e. The lowest BCUT2D eigenvalue weighted by Crippen LogP contribution is -2.26. The second kappa shape index (κ2) is 6.93. The van der Waals surface area contributed by atoms with Crippen molar-refractivity contribution in [1.29, 1.82) is 0 Å². The third kappa shape index (κ3) is 3.60. The summed E-state index contributed by atoms with van der Waals surface area (Å²) >= 11 is 7.85. The van der Waals surface area contributed by atoms with E-state index in [0.29, 0.717) is 17.3 Å². The van der Waals surface area contributed by atoms with Crippen molar-refractivity contribution in [3.05, 3.63) is 58.3 Å². The average molecular weight is 347 g/mol. The number of hydrogen-bond donors (Lipinski definition) is 0. The Morgan fingerprint density at radius 3 is 2.96 bits per heavy atom. The van der Waals surface area contributed by atoms with Crippen molar-refractivity contribution in [3.63, 3.8) is 0 Å². The first kappa shape index (κ1) is 15.7. The van der Waals surface area contributed by atoms with Gasteiger partial charge in [0.2, 0.25) is 5.91 Å². The molecule has 118 valence electrons. The lowest BCUT2D eigenvalue weighted by molar-refractivity contribution is -0.118. The van der Waals surface area contributed by atoms with Crippen LogP contribution in [-0.2, 0) is 11.2 Å². The van der Waals surface area contributed by atoms with E-state index in [4.69, 9.17) is 11.6 Å². The molecule has 0 saturated carbocycles. The van der Waals surface area contributed by atoms with Crippen LogP contribution in [0.1, 0.15) is 11.3 Å². The van der Waals surface area contributed by atoms with E-state index in [1.165, 1.54) is 4.88 Å². The van der Waals surface area contributed by atoms with E-state index in [1.807, 2.05) is 29.6 Å². The average Bonchev–Trinajstić information content (AvgIpc) is 3.22. The highest BCUT2D eigenvalue weighted by Gasteiger charge is 2.18. The molecule has 0 N–H and O–H groups in total. The molecular weight excluding hydrogens is 332 g/mol. The third-order valence-electron chi connectivity index (χ3n) is 3.46. The van der Waals surface area contributed by atoms with Crippen molar-refractivity contribution in [1.82, 2.24) is 14.8 Å². The maximum absolute atomic E-state index is 12.4. The Morgan fingerprint density at radius 2 is 2.26 bits per heavy atom. The number of thiophene rings is 1. The highest BCUT2D eigenvalue weighted by atomic mass is 35.5. The Balaban J connectivity index is 1.73. The number of amides is 1. The summed E-state index contributed by atoms with van der Waals surface area (Å²) in [6.45, 7) is 0. The normalized spacial score (nSPS) is 10.7. The molecule has 3 rings (SSSR count). The summed E-state index contributed by atoms with van der Waals surface area (Å²) in [5, 5.41) is 6.55. The maximum atomic E-state index is 12.4. The summed E-state index contributed by atoms with van der Waals surface area (Å²) < 4.78 is 1.62. The summed E-state index contributed by atoms with van der Waals surface area (Å²) in [6, 6.07) is 7.72. The van der Waals surface area contributed by atoms with Gasteiger partial charge in [-0.1, -0.05) is 17.7 Å². The number of halogens is 1. The zero-order chi connectivity index (χ0) is 16.2. The van der Waals surface area contributed by atoms with Gasteiger partial charge in [-0.2, -0.15) is 5.10 Å². The standard InChI is InChI=1S/C16H15ClN4OS/c1-20(15(22)7-6-13-5-3-9-23-13)14-11-21(19-16(14)17)12-4-2-8-18-10-12/h2-5,8-11H,6-7H2,1H3. The molecule has 1 amide bonds. The van der Waals surface area contributed by atoms with E-state index < -0.39 is 0 Å². The summed E-state index contributed by atoms with van der Waals surface area (Å²) in [7, 11) is 1.72. The van der Waals surface area contributed by atoms with Crippen LogP contribution in [0.3, 0.4) is 0 Å². The Hall–Kier alpha value is -2.18. The monoisotopic (exact) mass is 346 g/mol. The fourth-order valence-electron chi connectivity index (χ4n) is 2.18. The van der Waals surface area contributed by atoms with Crippen molar-refractivity contribution in [2.45, 2.75) is 12.8 Å². The van der Waals surface area contributed by atoms with Gasteiger partial charge in [0.25, 0.3) is 0 Å². The predicted molar refractivity (Wildman–Crippen MR) is 92.4 cm³/mol. The molecule has 0 fully saturated rings. The molecule has 0 atom stereocenters. The Morgan fingerprint density at radius 1 is 1.39 bits per heavy atom. The van der Waals surface area contributed by atoms with E-state index in [9.17, 15) is 4.79 Å². The van der Waals surface area contributed by atoms with Crippen LogP contribution in [0.2, 0.25) is 5.15 Å². The highest BCUT2D eigenvalue weighted by molar-refractivity contribution is 7.09. The Kier molecular flexibility index (Phi) is 4.73. The van der Waals surface area contributed by atoms with E-state index in [-0.39, 0.29) is 5.91 Å². The molecular formula is C16H15ClN4OS. The van der Waals surface area contributed by atoms with Gasteiger partial charge in [0.05, 0.1) is 18.1 Å². The number of nitrogens with zero attached hydrogens (tertiary/aromatic N) is 4. The number of carbonyl (C=O) groups excluding carboxylic acids is 1. The predicted octanol–water partition coefficient (Wildman–Crippen LogP) is 3.58. The van der Waals surface area contributed by atoms with Crippen molar-refractivity contribution in [2.75, 3.05) is 11.9 Å². The molecule has 23 heavy (non-hydrogen) atoms. The summed E-state index contributed by atoms with van der Waals surface area (Å²) in [4.78, 5) is 19.2. The van der Waals surface area contributed by atoms with Gasteiger partial charge >= 0.3 is 0 Å². The first-order valence-corrected chi connectivity index (χ1v) is 8.35. The van der Waals surface area contributed by atoms with Crippen LogP contribution in [0.15, 0.2) is 48.2 Å². The topological polar surface area (TPSA) is 51.0 Å². The molecule has 0 radical (unpaired) electrons. The van der Waals surface area contributed by atoms with Crippen LogP contribution < -0.4 is 4.90 Å². The number of carbonyl (C=O) groups is 1. The zero-order valence-corrected chi connectivity index (χ0v) is 14.1. The molecule has 5 nitrogen and oxygen atoms in total. The largest absolute Gasteiger partial charge is 0.311 e. The van der Waals surface area contributed by atoms with E-state index >= 15 is 0 Å². The molecule has 0 spiro atoms. The molecule has 3 heterocycles. The molecule has 0 bridgehead atoms. The second-order valence-corrected chi connectivity index (χ2v) is 6.38. The number of pyridine rings is 1. The molecule has 3 aromatic heterocycles. The van der Waals surface area contributed by atoms with Gasteiger partial charge in [-0.25, -0.2) is 4.68 Å². The first-order chi connectivity index (χ1) is 11.1. The molecule has 3 aromatic rings. The summed E-state index contributed by atoms with van der Waals surface area (Å²) in [6.07, 6.45) is 6.28. The molecule has 0 saturated heterocycles. The summed E-state index contributed by atoms with van der Waals surface area (Å²) in [5.74, 6) is 0.00559. The van der Waals surface area contributed by atoms with E-state index in [1.54, 1.807) is 46.6 Å². The minimum Gasteiger partial charge on any atom is -0.311 e. The SMILES string of the molecule is CN(C(=O)CCc1cccs1)c1cn(-c2cccnc2)nc1Cl. The van der Waals surface area contributed by atoms with Crippen molar-refractivity contribution in [3.8, 4) is 5.69 Å². The fraction of sp³-hybridized carbons (Fsp3) is 0.188. The Labute approximate surface area is 143 Å². The number of aromatic nitrogens is 3. The van der Waals surface area contributed by atoms with Gasteiger partial charge in [0.1, 0.15) is 5.69 Å². The molecule has 0 unspecified atom stereocenters. The maximum Gasteiger partial charge on any atom is 0.227 e. The number of hydrogen-bond acceptors (Lipinski definition) is 4. The fourth-order valence-corrected chi connectivity index (χ4v) is 3.14. The molecule has 0 aliphatic heterocycles. The van der Waals surface area contributed by atoms with Gasteiger partial charge in [0, 0.05) is 24.5 Å². The van der Waals surface area contributed by atoms with Crippen LogP contribution in [0, 0.1) is 0 Å². The quantitative estimate of drug-likeness (QED) is 0.709. The molecule has 0 aliphatic carbocycles. The van der Waals surface area contributed by atoms with Crippen LogP contribution >= 0.6 is 22.9 Å². The number of aryl methyl sites for hydroxylation is 1. The minimum absolute atomic E-state index is 0.00559. The number of anilines is 1. The van der Waals surface area contributed by atoms with Crippen LogP contribution in [0.5, 0.6) is 0 Å². The molecule has 0 aromatic carbocycles. The Bertz CT molecular complexity index is 786. The lowest BCUT2D eigenvalue weighted by atomic mass is 10.2. The van der Waals surface area contributed by atoms with Gasteiger partial charge in [-0.3, -0.25) is 9.78 Å². The minimum atomic E-state index is 0.00559. The molecule has 0 aliphatic rings. The lowest BCUT2D eigenvalue weighted by Gasteiger charge is -2.15. The van der Waals surface area contributed by atoms with E-state index in [0.717, 1.165) is 12.1 Å². The number of rotatable bonds is 5.